The zero-order valence-electron chi connectivity index (χ0n) is 14.9. The highest BCUT2D eigenvalue weighted by molar-refractivity contribution is 5.74. The van der Waals surface area contributed by atoms with E-state index in [9.17, 15) is 9.90 Å². The Morgan fingerprint density at radius 1 is 1.23 bits per heavy atom. The van der Waals surface area contributed by atoms with Gasteiger partial charge in [-0.2, -0.15) is 0 Å². The van der Waals surface area contributed by atoms with Crippen LogP contribution in [0.5, 0.6) is 5.75 Å². The van der Waals surface area contributed by atoms with Crippen molar-refractivity contribution < 1.29 is 14.6 Å². The number of nitrogens with zero attached hydrogens (tertiary/aromatic N) is 4. The van der Waals surface area contributed by atoms with Crippen LogP contribution in [-0.2, 0) is 16.0 Å². The molecular weight excluding hydrogens is 332 g/mol. The lowest BCUT2D eigenvalue weighted by Crippen LogP contribution is -2.07. The van der Waals surface area contributed by atoms with Crippen molar-refractivity contribution in [1.82, 2.24) is 9.38 Å². The summed E-state index contributed by atoms with van der Waals surface area (Å²) in [5, 5.41) is 18.1. The van der Waals surface area contributed by atoms with Gasteiger partial charge in [0.2, 0.25) is 0 Å². The molecule has 0 spiro atoms. The summed E-state index contributed by atoms with van der Waals surface area (Å²) in [6.07, 6.45) is 1.86. The van der Waals surface area contributed by atoms with Gasteiger partial charge < -0.3 is 9.84 Å². The molecule has 2 aromatic heterocycles. The number of phenolic OH excluding ortho intramolecular Hbond substituents is 1. The number of pyridine rings is 1. The first-order chi connectivity index (χ1) is 12.5. The standard InChI is InChI=1S/C19H20N4O3/c1-4-26-17(25)11-16-19(23-9-5-6-12(2)18(23)20-16)22-21-15-8-7-14(24)10-13(15)3/h5-10,24H,4,11H2,1-3H3. The van der Waals surface area contributed by atoms with Crippen molar-refractivity contribution >= 4 is 23.1 Å². The van der Waals surface area contributed by atoms with E-state index in [1.54, 1.807) is 25.1 Å². The fourth-order valence-corrected chi connectivity index (χ4v) is 2.66. The maximum atomic E-state index is 11.9. The summed E-state index contributed by atoms with van der Waals surface area (Å²) in [7, 11) is 0. The molecule has 7 nitrogen and oxygen atoms in total. The zero-order valence-corrected chi connectivity index (χ0v) is 14.9. The van der Waals surface area contributed by atoms with Crippen molar-refractivity contribution in [3.8, 4) is 5.75 Å². The third kappa shape index (κ3) is 3.56. The third-order valence-electron chi connectivity index (χ3n) is 3.94. The topological polar surface area (TPSA) is 88.5 Å². The van der Waals surface area contributed by atoms with Gasteiger partial charge in [-0.15, -0.1) is 10.2 Å². The number of carbonyl (C=O) groups is 1. The fourth-order valence-electron chi connectivity index (χ4n) is 2.66. The maximum absolute atomic E-state index is 11.9. The molecule has 1 aromatic carbocycles. The number of aromatic hydroxyl groups is 1. The van der Waals surface area contributed by atoms with Crippen molar-refractivity contribution in [2.24, 2.45) is 10.2 Å². The number of fused-ring (bicyclic) bond motifs is 1. The maximum Gasteiger partial charge on any atom is 0.312 e. The van der Waals surface area contributed by atoms with E-state index in [4.69, 9.17) is 4.74 Å². The van der Waals surface area contributed by atoms with Crippen LogP contribution >= 0.6 is 0 Å². The number of aromatic nitrogens is 2. The lowest BCUT2D eigenvalue weighted by Gasteiger charge is -2.02. The normalized spacial score (nSPS) is 11.3. The average Bonchev–Trinajstić information content (AvgIpc) is 2.93. The number of carbonyl (C=O) groups excluding carboxylic acids is 1. The first-order valence-corrected chi connectivity index (χ1v) is 8.33. The van der Waals surface area contributed by atoms with Gasteiger partial charge in [-0.05, 0) is 56.2 Å². The Bertz CT molecular complexity index is 992. The minimum absolute atomic E-state index is 0.0257. The number of esters is 1. The number of imidazole rings is 1. The van der Waals surface area contributed by atoms with Gasteiger partial charge in [0.1, 0.15) is 11.4 Å². The number of azo groups is 1. The third-order valence-corrected chi connectivity index (χ3v) is 3.94. The summed E-state index contributed by atoms with van der Waals surface area (Å²) < 4.78 is 6.84. The summed E-state index contributed by atoms with van der Waals surface area (Å²) in [5.74, 6) is 0.310. The highest BCUT2D eigenvalue weighted by Gasteiger charge is 2.17. The molecule has 0 aliphatic heterocycles. The molecule has 0 unspecified atom stereocenters. The monoisotopic (exact) mass is 352 g/mol. The first kappa shape index (κ1) is 17.6. The van der Waals surface area contributed by atoms with Gasteiger partial charge in [-0.1, -0.05) is 6.07 Å². The minimum Gasteiger partial charge on any atom is -0.508 e. The van der Waals surface area contributed by atoms with Crippen LogP contribution < -0.4 is 0 Å². The van der Waals surface area contributed by atoms with Crippen molar-refractivity contribution in [1.29, 1.82) is 0 Å². The van der Waals surface area contributed by atoms with E-state index in [-0.39, 0.29) is 18.1 Å². The Kier molecular flexibility index (Phi) is 4.97. The molecular formula is C19H20N4O3. The number of hydrogen-bond donors (Lipinski definition) is 1. The van der Waals surface area contributed by atoms with Crippen molar-refractivity contribution in [3.05, 3.63) is 53.3 Å². The Morgan fingerprint density at radius 2 is 2.04 bits per heavy atom. The van der Waals surface area contributed by atoms with Crippen LogP contribution in [0, 0.1) is 13.8 Å². The molecule has 0 bridgehead atoms. The molecule has 0 atom stereocenters. The lowest BCUT2D eigenvalue weighted by molar-refractivity contribution is -0.142. The Balaban J connectivity index is 2.06. The smallest absolute Gasteiger partial charge is 0.312 e. The molecule has 0 aliphatic rings. The van der Waals surface area contributed by atoms with Crippen LogP contribution in [0.15, 0.2) is 46.8 Å². The number of phenols is 1. The van der Waals surface area contributed by atoms with Gasteiger partial charge in [0.25, 0.3) is 0 Å². The van der Waals surface area contributed by atoms with E-state index in [0.29, 0.717) is 23.8 Å². The van der Waals surface area contributed by atoms with Crippen LogP contribution in [0.3, 0.4) is 0 Å². The molecule has 134 valence electrons. The van der Waals surface area contributed by atoms with Crippen LogP contribution in [-0.4, -0.2) is 27.1 Å². The van der Waals surface area contributed by atoms with Gasteiger partial charge in [-0.25, -0.2) is 4.98 Å². The van der Waals surface area contributed by atoms with Gasteiger partial charge in [0, 0.05) is 6.20 Å². The molecule has 0 saturated carbocycles. The van der Waals surface area contributed by atoms with Gasteiger partial charge in [-0.3, -0.25) is 9.20 Å². The zero-order chi connectivity index (χ0) is 18.7. The fraction of sp³-hybridized carbons (Fsp3) is 0.263. The largest absolute Gasteiger partial charge is 0.508 e. The second-order valence-corrected chi connectivity index (χ2v) is 5.92. The average molecular weight is 352 g/mol. The van der Waals surface area contributed by atoms with E-state index in [1.807, 2.05) is 36.6 Å². The molecule has 7 heteroatoms. The predicted octanol–water partition coefficient (Wildman–Crippen LogP) is 4.18. The summed E-state index contributed by atoms with van der Waals surface area (Å²) in [5.41, 5.74) is 3.64. The summed E-state index contributed by atoms with van der Waals surface area (Å²) >= 11 is 0. The van der Waals surface area contributed by atoms with Crippen molar-refractivity contribution in [2.45, 2.75) is 27.2 Å². The van der Waals surface area contributed by atoms with Crippen LogP contribution in [0.25, 0.3) is 5.65 Å². The van der Waals surface area contributed by atoms with Crippen molar-refractivity contribution in [3.63, 3.8) is 0 Å². The number of ether oxygens (including phenoxy) is 1. The molecule has 0 amide bonds. The van der Waals surface area contributed by atoms with E-state index in [1.165, 1.54) is 0 Å². The molecule has 1 N–H and O–H groups in total. The van der Waals surface area contributed by atoms with E-state index in [0.717, 1.165) is 16.8 Å². The molecule has 2 heterocycles. The molecule has 0 aliphatic carbocycles. The van der Waals surface area contributed by atoms with E-state index >= 15 is 0 Å². The minimum atomic E-state index is -0.356. The number of rotatable bonds is 5. The summed E-state index contributed by atoms with van der Waals surface area (Å²) in [6.45, 7) is 5.86. The van der Waals surface area contributed by atoms with E-state index in [2.05, 4.69) is 15.2 Å². The second kappa shape index (κ2) is 7.35. The Morgan fingerprint density at radius 3 is 2.77 bits per heavy atom. The first-order valence-electron chi connectivity index (χ1n) is 8.33. The van der Waals surface area contributed by atoms with E-state index < -0.39 is 0 Å². The second-order valence-electron chi connectivity index (χ2n) is 5.92. The van der Waals surface area contributed by atoms with Crippen LogP contribution in [0.2, 0.25) is 0 Å². The summed E-state index contributed by atoms with van der Waals surface area (Å²) in [6, 6.07) is 8.70. The van der Waals surface area contributed by atoms with Crippen LogP contribution in [0.1, 0.15) is 23.7 Å². The molecule has 0 saturated heterocycles. The molecule has 26 heavy (non-hydrogen) atoms. The Labute approximate surface area is 151 Å². The Hall–Kier alpha value is -3.22. The number of hydrogen-bond acceptors (Lipinski definition) is 6. The molecule has 0 fully saturated rings. The quantitative estimate of drug-likeness (QED) is 0.551. The van der Waals surface area contributed by atoms with Crippen molar-refractivity contribution in [2.75, 3.05) is 6.61 Å². The highest BCUT2D eigenvalue weighted by atomic mass is 16.5. The molecule has 0 radical (unpaired) electrons. The molecule has 3 aromatic rings. The SMILES string of the molecule is CCOC(=O)Cc1nc2c(C)cccn2c1N=Nc1ccc(O)cc1C. The van der Waals surface area contributed by atoms with Gasteiger partial charge >= 0.3 is 5.97 Å². The highest BCUT2D eigenvalue weighted by Crippen LogP contribution is 2.28. The number of benzene rings is 1. The summed E-state index contributed by atoms with van der Waals surface area (Å²) in [4.78, 5) is 16.5. The lowest BCUT2D eigenvalue weighted by atomic mass is 10.2. The van der Waals surface area contributed by atoms with Gasteiger partial charge in [0.15, 0.2) is 5.82 Å². The number of aryl methyl sites for hydroxylation is 2. The molecule has 3 rings (SSSR count). The van der Waals surface area contributed by atoms with Crippen LogP contribution in [0.4, 0.5) is 11.5 Å². The predicted molar refractivity (Wildman–Crippen MR) is 97.3 cm³/mol. The van der Waals surface area contributed by atoms with Gasteiger partial charge in [0.05, 0.1) is 24.4 Å².